The lowest BCUT2D eigenvalue weighted by Crippen LogP contribution is -2.50. The molecule has 2 N–H and O–H groups in total. The monoisotopic (exact) mass is 455 g/mol. The molecule has 0 unspecified atom stereocenters. The van der Waals surface area contributed by atoms with Crippen LogP contribution >= 0.6 is 23.1 Å². The van der Waals surface area contributed by atoms with Crippen LogP contribution in [0, 0.1) is 0 Å². The summed E-state index contributed by atoms with van der Waals surface area (Å²) in [6.07, 6.45) is 13.1. The van der Waals surface area contributed by atoms with Gasteiger partial charge in [-0.3, -0.25) is 10.1 Å². The Kier molecular flexibility index (Phi) is 9.27. The SMILES string of the molecule is CO[C@H]1CC[C@H](N(C(=O)Nc2ncc(SCCC(=O)O)s2)C2CCCCCC2)CC1. The second-order valence-electron chi connectivity index (χ2n) is 8.13. The van der Waals surface area contributed by atoms with Gasteiger partial charge in [0.2, 0.25) is 0 Å². The molecule has 0 bridgehead atoms. The fraction of sp³-hybridized carbons (Fsp3) is 0.762. The lowest BCUT2D eigenvalue weighted by molar-refractivity contribution is -0.136. The van der Waals surface area contributed by atoms with Gasteiger partial charge >= 0.3 is 12.0 Å². The van der Waals surface area contributed by atoms with E-state index in [1.807, 2.05) is 0 Å². The standard InChI is InChI=1S/C21H33N3O4S2/c1-28-17-10-8-16(9-11-17)24(15-6-4-2-3-5-7-15)21(27)23-20-22-14-19(30-20)29-13-12-18(25)26/h14-17H,2-13H2,1H3,(H,25,26)(H,22,23,27)/t16-,17-. The van der Waals surface area contributed by atoms with Crippen LogP contribution in [0.2, 0.25) is 0 Å². The Morgan fingerprint density at radius 1 is 1.17 bits per heavy atom. The topological polar surface area (TPSA) is 91.8 Å². The van der Waals surface area contributed by atoms with Crippen LogP contribution in [0.25, 0.3) is 0 Å². The van der Waals surface area contributed by atoms with Gasteiger partial charge in [-0.1, -0.05) is 37.0 Å². The number of hydrogen-bond acceptors (Lipinski definition) is 6. The Morgan fingerprint density at radius 2 is 1.83 bits per heavy atom. The third-order valence-electron chi connectivity index (χ3n) is 6.08. The summed E-state index contributed by atoms with van der Waals surface area (Å²) < 4.78 is 6.45. The molecule has 0 aliphatic heterocycles. The minimum atomic E-state index is -0.803. The number of rotatable bonds is 8. The smallest absolute Gasteiger partial charge is 0.324 e. The maximum atomic E-state index is 13.4. The summed E-state index contributed by atoms with van der Waals surface area (Å²) >= 11 is 2.88. The maximum Gasteiger partial charge on any atom is 0.324 e. The summed E-state index contributed by atoms with van der Waals surface area (Å²) in [5.74, 6) is -0.301. The van der Waals surface area contributed by atoms with Crippen LogP contribution in [0.1, 0.15) is 70.6 Å². The van der Waals surface area contributed by atoms with Crippen molar-refractivity contribution in [3.8, 4) is 0 Å². The van der Waals surface area contributed by atoms with Crippen molar-refractivity contribution < 1.29 is 19.4 Å². The van der Waals surface area contributed by atoms with Crippen molar-refractivity contribution in [3.05, 3.63) is 6.20 Å². The number of nitrogens with zero attached hydrogens (tertiary/aromatic N) is 2. The molecule has 7 nitrogen and oxygen atoms in total. The molecule has 1 aromatic rings. The fourth-order valence-electron chi connectivity index (χ4n) is 4.50. The van der Waals surface area contributed by atoms with Crippen LogP contribution in [0.4, 0.5) is 9.93 Å². The molecule has 2 aliphatic rings. The van der Waals surface area contributed by atoms with Crippen molar-refractivity contribution in [2.45, 2.75) is 93.0 Å². The van der Waals surface area contributed by atoms with E-state index in [1.165, 1.54) is 48.8 Å². The number of hydrogen-bond donors (Lipinski definition) is 2. The van der Waals surface area contributed by atoms with Crippen molar-refractivity contribution in [1.82, 2.24) is 9.88 Å². The van der Waals surface area contributed by atoms with Crippen LogP contribution in [0.15, 0.2) is 10.4 Å². The van der Waals surface area contributed by atoms with Crippen LogP contribution in [-0.4, -0.2) is 58.0 Å². The van der Waals surface area contributed by atoms with Crippen LogP contribution < -0.4 is 5.32 Å². The molecule has 3 rings (SSSR count). The highest BCUT2D eigenvalue weighted by Gasteiger charge is 2.34. The Bertz CT molecular complexity index is 684. The van der Waals surface area contributed by atoms with Gasteiger partial charge in [-0.25, -0.2) is 9.78 Å². The number of carbonyl (C=O) groups is 2. The Balaban J connectivity index is 1.64. The van der Waals surface area contributed by atoms with Gasteiger partial charge in [-0.2, -0.15) is 0 Å². The molecule has 9 heteroatoms. The van der Waals surface area contributed by atoms with E-state index in [-0.39, 0.29) is 18.5 Å². The van der Waals surface area contributed by atoms with Gasteiger partial charge in [0.15, 0.2) is 5.13 Å². The molecule has 168 valence electrons. The van der Waals surface area contributed by atoms with Gasteiger partial charge in [0.05, 0.1) is 22.9 Å². The van der Waals surface area contributed by atoms with Gasteiger partial charge in [0.1, 0.15) is 0 Å². The largest absolute Gasteiger partial charge is 0.481 e. The number of carboxylic acid groups (broad SMARTS) is 1. The molecule has 2 amide bonds. The van der Waals surface area contributed by atoms with Crippen molar-refractivity contribution >= 4 is 40.2 Å². The number of carbonyl (C=O) groups excluding carboxylic acids is 1. The summed E-state index contributed by atoms with van der Waals surface area (Å²) in [7, 11) is 1.77. The zero-order valence-corrected chi connectivity index (χ0v) is 19.3. The van der Waals surface area contributed by atoms with Gasteiger partial charge in [-0.05, 0) is 38.5 Å². The predicted molar refractivity (Wildman–Crippen MR) is 120 cm³/mol. The number of amides is 2. The molecule has 0 spiro atoms. The van der Waals surface area contributed by atoms with E-state index in [1.54, 1.807) is 13.3 Å². The van der Waals surface area contributed by atoms with Crippen molar-refractivity contribution in [2.24, 2.45) is 0 Å². The highest BCUT2D eigenvalue weighted by atomic mass is 32.2. The van der Waals surface area contributed by atoms with Gasteiger partial charge < -0.3 is 14.7 Å². The molecule has 0 saturated heterocycles. The molecule has 0 atom stereocenters. The quantitative estimate of drug-likeness (QED) is 0.412. The second-order valence-corrected chi connectivity index (χ2v) is 10.6. The molecule has 0 radical (unpaired) electrons. The zero-order valence-electron chi connectivity index (χ0n) is 17.7. The first-order valence-corrected chi connectivity index (χ1v) is 12.8. The summed E-state index contributed by atoms with van der Waals surface area (Å²) in [5.41, 5.74) is 0. The second kappa shape index (κ2) is 11.9. The average Bonchev–Trinajstić information content (AvgIpc) is 3.00. The van der Waals surface area contributed by atoms with Crippen LogP contribution in [0.5, 0.6) is 0 Å². The number of methoxy groups -OCH3 is 1. The van der Waals surface area contributed by atoms with E-state index in [9.17, 15) is 9.59 Å². The fourth-order valence-corrected chi connectivity index (χ4v) is 6.37. The maximum absolute atomic E-state index is 13.4. The first-order chi connectivity index (χ1) is 14.6. The van der Waals surface area contributed by atoms with E-state index < -0.39 is 5.97 Å². The van der Waals surface area contributed by atoms with Crippen molar-refractivity contribution in [1.29, 1.82) is 0 Å². The van der Waals surface area contributed by atoms with E-state index in [0.29, 0.717) is 23.0 Å². The highest BCUT2D eigenvalue weighted by Crippen LogP contribution is 2.33. The lowest BCUT2D eigenvalue weighted by Gasteiger charge is -2.41. The van der Waals surface area contributed by atoms with E-state index >= 15 is 0 Å². The van der Waals surface area contributed by atoms with E-state index in [0.717, 1.165) is 42.7 Å². The van der Waals surface area contributed by atoms with Gasteiger partial charge in [0.25, 0.3) is 0 Å². The summed E-state index contributed by atoms with van der Waals surface area (Å²) in [6, 6.07) is 0.504. The molecule has 1 aromatic heterocycles. The zero-order chi connectivity index (χ0) is 21.3. The normalized spacial score (nSPS) is 23.0. The molecular weight excluding hydrogens is 422 g/mol. The number of thioether (sulfide) groups is 1. The van der Waals surface area contributed by atoms with Gasteiger partial charge in [0, 0.05) is 24.9 Å². The molecule has 1 heterocycles. The Labute approximate surface area is 187 Å². The minimum absolute atomic E-state index is 0.0424. The molecule has 0 aromatic carbocycles. The summed E-state index contributed by atoms with van der Waals surface area (Å²) in [4.78, 5) is 30.5. The van der Waals surface area contributed by atoms with Gasteiger partial charge in [-0.15, -0.1) is 11.8 Å². The van der Waals surface area contributed by atoms with Crippen molar-refractivity contribution in [2.75, 3.05) is 18.2 Å². The Hall–Kier alpha value is -1.32. The molecule has 2 saturated carbocycles. The Morgan fingerprint density at radius 3 is 2.47 bits per heavy atom. The number of aromatic nitrogens is 1. The third kappa shape index (κ3) is 6.85. The molecule has 2 fully saturated rings. The van der Waals surface area contributed by atoms with Crippen LogP contribution in [-0.2, 0) is 9.53 Å². The molecule has 2 aliphatic carbocycles. The number of aliphatic carboxylic acids is 1. The number of carboxylic acids is 1. The molecule has 30 heavy (non-hydrogen) atoms. The average molecular weight is 456 g/mol. The van der Waals surface area contributed by atoms with E-state index in [2.05, 4.69) is 15.2 Å². The third-order valence-corrected chi connectivity index (χ3v) is 8.19. The number of anilines is 1. The highest BCUT2D eigenvalue weighted by molar-refractivity contribution is 8.01. The lowest BCUT2D eigenvalue weighted by atomic mass is 9.90. The first kappa shape index (κ1) is 23.3. The number of thiazole rings is 1. The van der Waals surface area contributed by atoms with E-state index in [4.69, 9.17) is 9.84 Å². The predicted octanol–water partition coefficient (Wildman–Crippen LogP) is 5.22. The first-order valence-electron chi connectivity index (χ1n) is 11.0. The van der Waals surface area contributed by atoms with Crippen LogP contribution in [0.3, 0.4) is 0 Å². The summed E-state index contributed by atoms with van der Waals surface area (Å²) in [5, 5.41) is 12.4. The van der Waals surface area contributed by atoms with Crippen molar-refractivity contribution in [3.63, 3.8) is 0 Å². The minimum Gasteiger partial charge on any atom is -0.481 e. The number of ether oxygens (including phenoxy) is 1. The number of nitrogens with one attached hydrogen (secondary N) is 1. The number of urea groups is 1. The molecular formula is C21H33N3O4S2. The summed E-state index contributed by atoms with van der Waals surface area (Å²) in [6.45, 7) is 0.